The molecular formula is C13H23N. The van der Waals surface area contributed by atoms with Crippen molar-refractivity contribution in [3.63, 3.8) is 0 Å². The summed E-state index contributed by atoms with van der Waals surface area (Å²) in [5.74, 6) is 0.994. The van der Waals surface area contributed by atoms with Gasteiger partial charge in [-0.25, -0.2) is 0 Å². The van der Waals surface area contributed by atoms with E-state index in [9.17, 15) is 0 Å². The van der Waals surface area contributed by atoms with Gasteiger partial charge in [-0.15, -0.1) is 0 Å². The molecule has 0 aromatic carbocycles. The fourth-order valence-corrected chi connectivity index (χ4v) is 2.35. The van der Waals surface area contributed by atoms with Gasteiger partial charge in [-0.1, -0.05) is 31.4 Å². The summed E-state index contributed by atoms with van der Waals surface area (Å²) in [5.41, 5.74) is 0. The fraction of sp³-hybridized carbons (Fsp3) is 0.846. The SMILES string of the molecule is C1=C\C(NCC2CCC2)CCCCC/1. The van der Waals surface area contributed by atoms with Gasteiger partial charge in [0.05, 0.1) is 0 Å². The average molecular weight is 193 g/mol. The van der Waals surface area contributed by atoms with E-state index in [0.29, 0.717) is 6.04 Å². The number of rotatable bonds is 3. The highest BCUT2D eigenvalue weighted by molar-refractivity contribution is 4.95. The van der Waals surface area contributed by atoms with E-state index in [1.165, 1.54) is 57.9 Å². The molecule has 0 aromatic heterocycles. The molecule has 1 atom stereocenters. The normalized spacial score (nSPS) is 31.6. The first-order valence-electron chi connectivity index (χ1n) is 6.35. The second-order valence-electron chi connectivity index (χ2n) is 4.88. The number of nitrogens with one attached hydrogen (secondary N) is 1. The minimum absolute atomic E-state index is 0.677. The van der Waals surface area contributed by atoms with Crippen molar-refractivity contribution in [3.05, 3.63) is 12.2 Å². The Labute approximate surface area is 88.0 Å². The molecule has 0 radical (unpaired) electrons. The maximum atomic E-state index is 3.70. The van der Waals surface area contributed by atoms with Crippen molar-refractivity contribution in [2.75, 3.05) is 6.54 Å². The van der Waals surface area contributed by atoms with Crippen LogP contribution < -0.4 is 5.32 Å². The quantitative estimate of drug-likeness (QED) is 0.678. The summed E-state index contributed by atoms with van der Waals surface area (Å²) in [6, 6.07) is 0.677. The van der Waals surface area contributed by atoms with E-state index in [1.807, 2.05) is 0 Å². The first-order valence-corrected chi connectivity index (χ1v) is 6.35. The third kappa shape index (κ3) is 3.13. The highest BCUT2D eigenvalue weighted by atomic mass is 14.9. The van der Waals surface area contributed by atoms with Crippen LogP contribution >= 0.6 is 0 Å². The van der Waals surface area contributed by atoms with E-state index in [4.69, 9.17) is 0 Å². The zero-order valence-electron chi connectivity index (χ0n) is 9.17. The standard InChI is InChI=1S/C13H23N/c1-2-4-9-13(10-5-3-1)14-11-12-7-6-8-12/h4,9,12-14H,1-3,5-8,10-11H2/b9-4-. The van der Waals surface area contributed by atoms with Gasteiger partial charge in [0.2, 0.25) is 0 Å². The molecule has 2 aliphatic carbocycles. The van der Waals surface area contributed by atoms with Crippen LogP contribution in [0.1, 0.15) is 51.4 Å². The van der Waals surface area contributed by atoms with E-state index in [1.54, 1.807) is 0 Å². The van der Waals surface area contributed by atoms with Crippen LogP contribution in [0.3, 0.4) is 0 Å². The molecule has 80 valence electrons. The molecule has 1 heteroatoms. The first-order chi connectivity index (χ1) is 6.95. The Hall–Kier alpha value is -0.300. The summed E-state index contributed by atoms with van der Waals surface area (Å²) in [7, 11) is 0. The highest BCUT2D eigenvalue weighted by Crippen LogP contribution is 2.25. The zero-order valence-corrected chi connectivity index (χ0v) is 9.17. The topological polar surface area (TPSA) is 12.0 Å². The van der Waals surface area contributed by atoms with Crippen molar-refractivity contribution in [1.82, 2.24) is 5.32 Å². The van der Waals surface area contributed by atoms with Crippen LogP contribution in [0.15, 0.2) is 12.2 Å². The van der Waals surface area contributed by atoms with E-state index in [0.717, 1.165) is 5.92 Å². The Morgan fingerprint density at radius 3 is 2.71 bits per heavy atom. The van der Waals surface area contributed by atoms with Crippen molar-refractivity contribution in [2.24, 2.45) is 5.92 Å². The Morgan fingerprint density at radius 1 is 1.00 bits per heavy atom. The molecular weight excluding hydrogens is 170 g/mol. The van der Waals surface area contributed by atoms with Crippen LogP contribution in [0.4, 0.5) is 0 Å². The van der Waals surface area contributed by atoms with Gasteiger partial charge in [-0.3, -0.25) is 0 Å². The lowest BCUT2D eigenvalue weighted by molar-refractivity contribution is 0.292. The van der Waals surface area contributed by atoms with E-state index in [2.05, 4.69) is 17.5 Å². The maximum Gasteiger partial charge on any atom is 0.0250 e. The Balaban J connectivity index is 1.68. The van der Waals surface area contributed by atoms with Crippen molar-refractivity contribution < 1.29 is 0 Å². The molecule has 1 unspecified atom stereocenters. The molecule has 2 aliphatic rings. The molecule has 14 heavy (non-hydrogen) atoms. The lowest BCUT2D eigenvalue weighted by Crippen LogP contribution is -2.34. The summed E-state index contributed by atoms with van der Waals surface area (Å²) in [6.45, 7) is 1.26. The van der Waals surface area contributed by atoms with Crippen molar-refractivity contribution in [2.45, 2.75) is 57.4 Å². The Morgan fingerprint density at radius 2 is 1.93 bits per heavy atom. The van der Waals surface area contributed by atoms with Gasteiger partial charge in [-0.05, 0) is 44.6 Å². The molecule has 0 spiro atoms. The van der Waals surface area contributed by atoms with Crippen LogP contribution in [0.5, 0.6) is 0 Å². The second kappa shape index (κ2) is 5.55. The summed E-state index contributed by atoms with van der Waals surface area (Å²) < 4.78 is 0. The maximum absolute atomic E-state index is 3.70. The molecule has 1 N–H and O–H groups in total. The second-order valence-corrected chi connectivity index (χ2v) is 4.88. The molecule has 0 amide bonds. The largest absolute Gasteiger partial charge is 0.310 e. The fourth-order valence-electron chi connectivity index (χ4n) is 2.35. The number of hydrogen-bond acceptors (Lipinski definition) is 1. The molecule has 0 aliphatic heterocycles. The van der Waals surface area contributed by atoms with Crippen LogP contribution in [0.2, 0.25) is 0 Å². The van der Waals surface area contributed by atoms with Crippen LogP contribution in [0, 0.1) is 5.92 Å². The van der Waals surface area contributed by atoms with E-state index >= 15 is 0 Å². The van der Waals surface area contributed by atoms with Gasteiger partial charge >= 0.3 is 0 Å². The smallest absolute Gasteiger partial charge is 0.0250 e. The van der Waals surface area contributed by atoms with Gasteiger partial charge in [0, 0.05) is 6.04 Å². The van der Waals surface area contributed by atoms with E-state index in [-0.39, 0.29) is 0 Å². The van der Waals surface area contributed by atoms with Gasteiger partial charge < -0.3 is 5.32 Å². The van der Waals surface area contributed by atoms with Crippen LogP contribution in [0.25, 0.3) is 0 Å². The van der Waals surface area contributed by atoms with E-state index < -0.39 is 0 Å². The first kappa shape index (κ1) is 10.2. The lowest BCUT2D eigenvalue weighted by Gasteiger charge is -2.28. The highest BCUT2D eigenvalue weighted by Gasteiger charge is 2.17. The minimum Gasteiger partial charge on any atom is -0.310 e. The van der Waals surface area contributed by atoms with Crippen LogP contribution in [-0.2, 0) is 0 Å². The van der Waals surface area contributed by atoms with Gasteiger partial charge in [0.25, 0.3) is 0 Å². The molecule has 2 rings (SSSR count). The third-order valence-electron chi connectivity index (χ3n) is 3.65. The predicted molar refractivity (Wildman–Crippen MR) is 61.4 cm³/mol. The van der Waals surface area contributed by atoms with Gasteiger partial charge in [0.15, 0.2) is 0 Å². The number of hydrogen-bond donors (Lipinski definition) is 1. The van der Waals surface area contributed by atoms with Gasteiger partial charge in [0.1, 0.15) is 0 Å². The summed E-state index contributed by atoms with van der Waals surface area (Å²) in [6.07, 6.45) is 16.0. The molecule has 0 bridgehead atoms. The Bertz CT molecular complexity index is 182. The molecule has 1 saturated carbocycles. The third-order valence-corrected chi connectivity index (χ3v) is 3.65. The Kier molecular flexibility index (Phi) is 4.05. The molecule has 0 aromatic rings. The lowest BCUT2D eigenvalue weighted by atomic mass is 9.85. The summed E-state index contributed by atoms with van der Waals surface area (Å²) >= 11 is 0. The van der Waals surface area contributed by atoms with Gasteiger partial charge in [-0.2, -0.15) is 0 Å². The molecule has 0 heterocycles. The van der Waals surface area contributed by atoms with Crippen LogP contribution in [-0.4, -0.2) is 12.6 Å². The molecule has 0 saturated heterocycles. The zero-order chi connectivity index (χ0) is 9.64. The van der Waals surface area contributed by atoms with Crippen molar-refractivity contribution in [3.8, 4) is 0 Å². The average Bonchev–Trinajstić information content (AvgIpc) is 2.05. The molecule has 1 fully saturated rings. The monoisotopic (exact) mass is 193 g/mol. The number of allylic oxidation sites excluding steroid dienone is 1. The van der Waals surface area contributed by atoms with Crippen molar-refractivity contribution in [1.29, 1.82) is 0 Å². The summed E-state index contributed by atoms with van der Waals surface area (Å²) in [5, 5.41) is 3.70. The minimum atomic E-state index is 0.677. The molecule has 1 nitrogen and oxygen atoms in total. The predicted octanol–water partition coefficient (Wildman–Crippen LogP) is 3.27. The summed E-state index contributed by atoms with van der Waals surface area (Å²) in [4.78, 5) is 0. The van der Waals surface area contributed by atoms with Crippen molar-refractivity contribution >= 4 is 0 Å².